The summed E-state index contributed by atoms with van der Waals surface area (Å²) in [6, 6.07) is 8.85. The fourth-order valence-corrected chi connectivity index (χ4v) is 2.64. The van der Waals surface area contributed by atoms with E-state index in [1.807, 2.05) is 30.3 Å². The molecule has 0 amide bonds. The van der Waals surface area contributed by atoms with Crippen molar-refractivity contribution in [2.24, 2.45) is 0 Å². The molecule has 1 aromatic carbocycles. The summed E-state index contributed by atoms with van der Waals surface area (Å²) in [7, 11) is 0. The molecule has 0 aromatic heterocycles. The van der Waals surface area contributed by atoms with Crippen molar-refractivity contribution < 1.29 is 25.2 Å². The Morgan fingerprint density at radius 3 is 2.09 bits per heavy atom. The van der Waals surface area contributed by atoms with Gasteiger partial charge in [-0.05, 0) is 12.5 Å². The third-order valence-electron chi connectivity index (χ3n) is 3.95. The fraction of sp³-hybridized carbons (Fsp3) is 0.471. The molecule has 6 heteroatoms. The number of aliphatic hydroxyl groups is 3. The maximum absolute atomic E-state index is 11.0. The Morgan fingerprint density at radius 1 is 1.17 bits per heavy atom. The first kappa shape index (κ1) is 19.3. The van der Waals surface area contributed by atoms with E-state index in [-0.39, 0.29) is 13.0 Å². The quantitative estimate of drug-likeness (QED) is 0.475. The second kappa shape index (κ2) is 8.79. The Kier molecular flexibility index (Phi) is 7.38. The molecular formula is C17H25NO5. The van der Waals surface area contributed by atoms with E-state index in [1.165, 1.54) is 0 Å². The number of benzene rings is 1. The van der Waals surface area contributed by atoms with Crippen LogP contribution in [0.4, 0.5) is 0 Å². The highest BCUT2D eigenvalue weighted by atomic mass is 16.4. The number of hydrogen-bond donors (Lipinski definition) is 4. The van der Waals surface area contributed by atoms with E-state index in [4.69, 9.17) is 5.11 Å². The van der Waals surface area contributed by atoms with Gasteiger partial charge in [0.25, 0.3) is 0 Å². The van der Waals surface area contributed by atoms with E-state index in [2.05, 4.69) is 6.58 Å². The van der Waals surface area contributed by atoms with Crippen LogP contribution in [0.1, 0.15) is 24.9 Å². The van der Waals surface area contributed by atoms with Crippen molar-refractivity contribution in [1.82, 2.24) is 4.90 Å². The maximum atomic E-state index is 11.0. The topological polar surface area (TPSA) is 101 Å². The van der Waals surface area contributed by atoms with E-state index < -0.39 is 37.4 Å². The summed E-state index contributed by atoms with van der Waals surface area (Å²) in [6.07, 6.45) is -0.182. The van der Waals surface area contributed by atoms with Crippen LogP contribution in [0.25, 0.3) is 0 Å². The Balaban J connectivity index is 3.33. The van der Waals surface area contributed by atoms with Gasteiger partial charge in [0, 0.05) is 6.54 Å². The van der Waals surface area contributed by atoms with Crippen LogP contribution in [0.2, 0.25) is 0 Å². The van der Waals surface area contributed by atoms with E-state index >= 15 is 0 Å². The number of aliphatic hydroxyl groups excluding tert-OH is 3. The molecule has 0 saturated heterocycles. The zero-order valence-corrected chi connectivity index (χ0v) is 13.4. The van der Waals surface area contributed by atoms with Crippen molar-refractivity contribution in [2.75, 3.05) is 26.4 Å². The van der Waals surface area contributed by atoms with Crippen LogP contribution in [-0.4, -0.2) is 63.2 Å². The lowest BCUT2D eigenvalue weighted by Gasteiger charge is -2.45. The van der Waals surface area contributed by atoms with Gasteiger partial charge < -0.3 is 20.4 Å². The minimum atomic E-state index is -1.34. The van der Waals surface area contributed by atoms with E-state index in [0.29, 0.717) is 0 Å². The van der Waals surface area contributed by atoms with Gasteiger partial charge in [0.15, 0.2) is 0 Å². The molecule has 0 radical (unpaired) electrons. The molecule has 0 spiro atoms. The lowest BCUT2D eigenvalue weighted by atomic mass is 9.91. The molecule has 4 N–H and O–H groups in total. The highest BCUT2D eigenvalue weighted by Gasteiger charge is 2.40. The van der Waals surface area contributed by atoms with E-state index in [0.717, 1.165) is 11.1 Å². The molecule has 1 rings (SSSR count). The standard InChI is InChI=1S/C17H25NO5/c1-13(2)16(14-6-4-3-5-7-14)18(9-8-15(22)23)17(10-19,11-20)12-21/h3-7,16,19-21H,1,8-12H2,2H3,(H,22,23). The van der Waals surface area contributed by atoms with Gasteiger partial charge in [0.2, 0.25) is 0 Å². The zero-order chi connectivity index (χ0) is 17.5. The summed E-state index contributed by atoms with van der Waals surface area (Å²) in [5.41, 5.74) is 0.237. The predicted octanol–water partition coefficient (Wildman–Crippen LogP) is 0.796. The molecule has 0 aliphatic heterocycles. The van der Waals surface area contributed by atoms with Crippen LogP contribution in [0, 0.1) is 0 Å². The molecule has 0 saturated carbocycles. The molecule has 0 fully saturated rings. The van der Waals surface area contributed by atoms with E-state index in [9.17, 15) is 20.1 Å². The van der Waals surface area contributed by atoms with Crippen LogP contribution >= 0.6 is 0 Å². The molecular weight excluding hydrogens is 298 g/mol. The summed E-state index contributed by atoms with van der Waals surface area (Å²) in [5, 5.41) is 38.3. The Labute approximate surface area is 136 Å². The second-order valence-corrected chi connectivity index (χ2v) is 5.70. The van der Waals surface area contributed by atoms with Crippen molar-refractivity contribution in [3.8, 4) is 0 Å². The first-order chi connectivity index (χ1) is 10.9. The van der Waals surface area contributed by atoms with Gasteiger partial charge in [-0.2, -0.15) is 0 Å². The number of carboxylic acids is 1. The first-order valence-electron chi connectivity index (χ1n) is 7.43. The lowest BCUT2D eigenvalue weighted by Crippen LogP contribution is -2.59. The van der Waals surface area contributed by atoms with Crippen LogP contribution in [0.3, 0.4) is 0 Å². The smallest absolute Gasteiger partial charge is 0.304 e. The average Bonchev–Trinajstić information content (AvgIpc) is 2.54. The largest absolute Gasteiger partial charge is 0.481 e. The summed E-state index contributed by atoms with van der Waals surface area (Å²) < 4.78 is 0. The van der Waals surface area contributed by atoms with Crippen molar-refractivity contribution in [3.63, 3.8) is 0 Å². The highest BCUT2D eigenvalue weighted by molar-refractivity contribution is 5.66. The van der Waals surface area contributed by atoms with Gasteiger partial charge in [-0.15, -0.1) is 0 Å². The Bertz CT molecular complexity index is 505. The summed E-state index contributed by atoms with van der Waals surface area (Å²) >= 11 is 0. The SMILES string of the molecule is C=C(C)C(c1ccccc1)N(CCC(=O)O)C(CO)(CO)CO. The molecule has 6 nitrogen and oxygen atoms in total. The van der Waals surface area contributed by atoms with Gasteiger partial charge >= 0.3 is 5.97 Å². The molecule has 0 bridgehead atoms. The van der Waals surface area contributed by atoms with Crippen molar-refractivity contribution in [2.45, 2.75) is 24.9 Å². The van der Waals surface area contributed by atoms with Gasteiger partial charge in [0.05, 0.1) is 37.8 Å². The third-order valence-corrected chi connectivity index (χ3v) is 3.95. The van der Waals surface area contributed by atoms with Gasteiger partial charge in [0.1, 0.15) is 0 Å². The minimum absolute atomic E-state index is 0.0590. The Morgan fingerprint density at radius 2 is 1.70 bits per heavy atom. The van der Waals surface area contributed by atoms with Gasteiger partial charge in [-0.1, -0.05) is 42.5 Å². The summed E-state index contributed by atoms with van der Waals surface area (Å²) in [6.45, 7) is 4.30. The first-order valence-corrected chi connectivity index (χ1v) is 7.43. The predicted molar refractivity (Wildman–Crippen MR) is 86.9 cm³/mol. The molecule has 0 aliphatic carbocycles. The van der Waals surface area contributed by atoms with Crippen molar-refractivity contribution in [1.29, 1.82) is 0 Å². The number of carbonyl (C=O) groups is 1. The maximum Gasteiger partial charge on any atom is 0.304 e. The monoisotopic (exact) mass is 323 g/mol. The van der Waals surface area contributed by atoms with Gasteiger partial charge in [-0.25, -0.2) is 0 Å². The molecule has 128 valence electrons. The third kappa shape index (κ3) is 4.62. The van der Waals surface area contributed by atoms with Crippen molar-refractivity contribution >= 4 is 5.97 Å². The molecule has 0 aliphatic rings. The van der Waals surface area contributed by atoms with E-state index in [1.54, 1.807) is 11.8 Å². The average molecular weight is 323 g/mol. The summed E-state index contributed by atoms with van der Waals surface area (Å²) in [4.78, 5) is 12.6. The normalized spacial score (nSPS) is 13.1. The highest BCUT2D eigenvalue weighted by Crippen LogP contribution is 2.33. The lowest BCUT2D eigenvalue weighted by molar-refractivity contribution is -0.139. The molecule has 0 heterocycles. The Hall–Kier alpha value is -1.73. The molecule has 1 aromatic rings. The number of aliphatic carboxylic acids is 1. The molecule has 1 unspecified atom stereocenters. The summed E-state index contributed by atoms with van der Waals surface area (Å²) in [5.74, 6) is -0.994. The minimum Gasteiger partial charge on any atom is -0.481 e. The van der Waals surface area contributed by atoms with Gasteiger partial charge in [-0.3, -0.25) is 9.69 Å². The van der Waals surface area contributed by atoms with Crippen LogP contribution in [-0.2, 0) is 4.79 Å². The number of rotatable bonds is 10. The molecule has 23 heavy (non-hydrogen) atoms. The van der Waals surface area contributed by atoms with Crippen molar-refractivity contribution in [3.05, 3.63) is 48.0 Å². The number of nitrogens with zero attached hydrogens (tertiary/aromatic N) is 1. The van der Waals surface area contributed by atoms with Crippen LogP contribution in [0.5, 0.6) is 0 Å². The van der Waals surface area contributed by atoms with Crippen LogP contribution < -0.4 is 0 Å². The van der Waals surface area contributed by atoms with Crippen LogP contribution in [0.15, 0.2) is 42.5 Å². The second-order valence-electron chi connectivity index (χ2n) is 5.70. The zero-order valence-electron chi connectivity index (χ0n) is 13.4. The fourth-order valence-electron chi connectivity index (χ4n) is 2.64. The number of hydrogen-bond acceptors (Lipinski definition) is 5. The number of carboxylic acid groups (broad SMARTS) is 1. The molecule has 1 atom stereocenters.